The molecule has 4 aromatic rings. The maximum absolute atomic E-state index is 12.3. The maximum atomic E-state index is 12.3. The van der Waals surface area contributed by atoms with Crippen molar-refractivity contribution in [3.05, 3.63) is 77.3 Å². The number of halogens is 1. The number of rotatable bonds is 5. The van der Waals surface area contributed by atoms with Crippen molar-refractivity contribution in [1.29, 1.82) is 0 Å². The van der Waals surface area contributed by atoms with Gasteiger partial charge in [-0.15, -0.1) is 0 Å². The van der Waals surface area contributed by atoms with Crippen molar-refractivity contribution in [2.45, 2.75) is 6.42 Å². The van der Waals surface area contributed by atoms with Crippen molar-refractivity contribution >= 4 is 34.3 Å². The number of amides is 1. The summed E-state index contributed by atoms with van der Waals surface area (Å²) in [6.07, 6.45) is 0.313. The lowest BCUT2D eigenvalue weighted by Gasteiger charge is -2.04. The molecule has 4 rings (SSSR count). The number of hydrogen-bond acceptors (Lipinski definition) is 4. The monoisotopic (exact) mass is 392 g/mol. The number of ether oxygens (including phenoxy) is 1. The highest BCUT2D eigenvalue weighted by Gasteiger charge is 2.12. The number of hydrogen-bond donors (Lipinski definition) is 1. The first-order valence-electron chi connectivity index (χ1n) is 8.70. The first-order chi connectivity index (χ1) is 13.6. The maximum Gasteiger partial charge on any atom is 0.228 e. The number of benzene rings is 3. The summed E-state index contributed by atoms with van der Waals surface area (Å²) in [6.45, 7) is 0. The van der Waals surface area contributed by atoms with Gasteiger partial charge in [-0.3, -0.25) is 4.79 Å². The molecule has 0 aliphatic rings. The van der Waals surface area contributed by atoms with E-state index in [1.807, 2.05) is 36.4 Å². The Kier molecular flexibility index (Phi) is 5.00. The van der Waals surface area contributed by atoms with Gasteiger partial charge in [-0.25, -0.2) is 4.98 Å². The minimum absolute atomic E-state index is 0.0868. The summed E-state index contributed by atoms with van der Waals surface area (Å²) in [6, 6.07) is 20.3. The summed E-state index contributed by atoms with van der Waals surface area (Å²) in [5.74, 6) is 0.952. The van der Waals surface area contributed by atoms with E-state index in [-0.39, 0.29) is 5.91 Å². The lowest BCUT2D eigenvalue weighted by Crippen LogP contribution is -2.14. The van der Waals surface area contributed by atoms with Gasteiger partial charge in [-0.2, -0.15) is 0 Å². The number of carbonyl (C=O) groups is 1. The second kappa shape index (κ2) is 7.74. The predicted molar refractivity (Wildman–Crippen MR) is 110 cm³/mol. The highest BCUT2D eigenvalue weighted by Crippen LogP contribution is 2.32. The highest BCUT2D eigenvalue weighted by atomic mass is 35.5. The second-order valence-corrected chi connectivity index (χ2v) is 6.67. The Morgan fingerprint density at radius 2 is 1.93 bits per heavy atom. The Hall–Kier alpha value is -3.31. The summed E-state index contributed by atoms with van der Waals surface area (Å²) in [7, 11) is 1.56. The molecular weight excluding hydrogens is 376 g/mol. The van der Waals surface area contributed by atoms with Crippen molar-refractivity contribution in [3.8, 4) is 17.2 Å². The Balaban J connectivity index is 1.55. The van der Waals surface area contributed by atoms with Gasteiger partial charge in [0.05, 0.1) is 18.6 Å². The van der Waals surface area contributed by atoms with Gasteiger partial charge in [0.25, 0.3) is 0 Å². The van der Waals surface area contributed by atoms with Crippen LogP contribution in [-0.2, 0) is 11.2 Å². The van der Waals surface area contributed by atoms with E-state index in [1.165, 1.54) is 0 Å². The molecule has 140 valence electrons. The molecule has 3 aromatic carbocycles. The van der Waals surface area contributed by atoms with Gasteiger partial charge in [0, 0.05) is 11.3 Å². The van der Waals surface area contributed by atoms with Crippen LogP contribution in [0.25, 0.3) is 22.6 Å². The number of fused-ring (bicyclic) bond motifs is 1. The van der Waals surface area contributed by atoms with Gasteiger partial charge < -0.3 is 14.5 Å². The fourth-order valence-electron chi connectivity index (χ4n) is 2.91. The number of carbonyl (C=O) groups excluding carboxylic acids is 1. The smallest absolute Gasteiger partial charge is 0.228 e. The molecule has 0 radical (unpaired) electrons. The van der Waals surface area contributed by atoms with E-state index >= 15 is 0 Å². The van der Waals surface area contributed by atoms with E-state index in [1.54, 1.807) is 37.4 Å². The third-order valence-electron chi connectivity index (χ3n) is 4.28. The van der Waals surface area contributed by atoms with Crippen LogP contribution in [0, 0.1) is 0 Å². The van der Waals surface area contributed by atoms with Crippen molar-refractivity contribution in [2.75, 3.05) is 12.4 Å². The number of oxazole rings is 1. The van der Waals surface area contributed by atoms with E-state index < -0.39 is 0 Å². The van der Waals surface area contributed by atoms with Crippen molar-refractivity contribution in [2.24, 2.45) is 0 Å². The molecule has 0 saturated heterocycles. The lowest BCUT2D eigenvalue weighted by atomic mass is 10.1. The fraction of sp³-hybridized carbons (Fsp3) is 0.0909. The fourth-order valence-corrected chi connectivity index (χ4v) is 3.17. The zero-order valence-corrected chi connectivity index (χ0v) is 15.9. The Bertz CT molecular complexity index is 1140. The molecule has 0 spiro atoms. The summed E-state index contributed by atoms with van der Waals surface area (Å²) in [5, 5.41) is 3.38. The largest absolute Gasteiger partial charge is 0.495 e. The molecule has 1 heterocycles. The predicted octanol–water partition coefficient (Wildman–Crippen LogP) is 5.34. The summed E-state index contributed by atoms with van der Waals surface area (Å²) < 4.78 is 11.0. The Morgan fingerprint density at radius 3 is 2.68 bits per heavy atom. The SMILES string of the molecule is COc1ccc(-c2nc3cc(NC(=O)Cc4ccccc4)ccc3o2)cc1Cl. The van der Waals surface area contributed by atoms with Gasteiger partial charge in [0.15, 0.2) is 5.58 Å². The summed E-state index contributed by atoms with van der Waals surface area (Å²) in [4.78, 5) is 16.8. The number of nitrogens with one attached hydrogen (secondary N) is 1. The summed E-state index contributed by atoms with van der Waals surface area (Å²) in [5.41, 5.74) is 3.65. The molecule has 5 nitrogen and oxygen atoms in total. The third-order valence-corrected chi connectivity index (χ3v) is 4.57. The third kappa shape index (κ3) is 3.85. The number of methoxy groups -OCH3 is 1. The van der Waals surface area contributed by atoms with Crippen molar-refractivity contribution in [3.63, 3.8) is 0 Å². The first-order valence-corrected chi connectivity index (χ1v) is 9.08. The molecule has 0 unspecified atom stereocenters. The zero-order chi connectivity index (χ0) is 19.5. The van der Waals surface area contributed by atoms with E-state index in [4.69, 9.17) is 20.8 Å². The van der Waals surface area contributed by atoms with Crippen LogP contribution in [0.2, 0.25) is 5.02 Å². The normalized spacial score (nSPS) is 10.8. The van der Waals surface area contributed by atoms with Crippen molar-refractivity contribution in [1.82, 2.24) is 4.98 Å². The van der Waals surface area contributed by atoms with Crippen LogP contribution in [0.4, 0.5) is 5.69 Å². The number of nitrogens with zero attached hydrogens (tertiary/aromatic N) is 1. The van der Waals surface area contributed by atoms with Crippen LogP contribution in [-0.4, -0.2) is 18.0 Å². The van der Waals surface area contributed by atoms with E-state index in [0.29, 0.717) is 39.9 Å². The molecule has 0 aliphatic heterocycles. The Labute approximate surface area is 166 Å². The zero-order valence-electron chi connectivity index (χ0n) is 15.1. The molecule has 0 atom stereocenters. The van der Waals surface area contributed by atoms with Gasteiger partial charge in [0.2, 0.25) is 11.8 Å². The molecule has 6 heteroatoms. The van der Waals surface area contributed by atoms with Crippen LogP contribution >= 0.6 is 11.6 Å². The molecule has 0 aliphatic carbocycles. The molecule has 0 fully saturated rings. The van der Waals surface area contributed by atoms with Gasteiger partial charge in [-0.05, 0) is 42.0 Å². The summed E-state index contributed by atoms with van der Waals surface area (Å²) >= 11 is 6.19. The highest BCUT2D eigenvalue weighted by molar-refractivity contribution is 6.32. The molecule has 1 aromatic heterocycles. The van der Waals surface area contributed by atoms with E-state index in [0.717, 1.165) is 11.1 Å². The van der Waals surface area contributed by atoms with Crippen LogP contribution in [0.15, 0.2) is 71.1 Å². The van der Waals surface area contributed by atoms with E-state index in [9.17, 15) is 4.79 Å². The molecule has 1 N–H and O–H groups in total. The Morgan fingerprint density at radius 1 is 1.11 bits per heavy atom. The standard InChI is InChI=1S/C22H17ClN2O3/c1-27-19-9-7-15(12-17(19)23)22-25-18-13-16(8-10-20(18)28-22)24-21(26)11-14-5-3-2-4-6-14/h2-10,12-13H,11H2,1H3,(H,24,26). The van der Waals surface area contributed by atoms with Crippen LogP contribution in [0.5, 0.6) is 5.75 Å². The molecule has 28 heavy (non-hydrogen) atoms. The number of anilines is 1. The second-order valence-electron chi connectivity index (χ2n) is 6.26. The molecule has 1 amide bonds. The van der Waals surface area contributed by atoms with E-state index in [2.05, 4.69) is 10.3 Å². The van der Waals surface area contributed by atoms with Crippen LogP contribution in [0.1, 0.15) is 5.56 Å². The van der Waals surface area contributed by atoms with Gasteiger partial charge >= 0.3 is 0 Å². The van der Waals surface area contributed by atoms with Crippen LogP contribution < -0.4 is 10.1 Å². The number of aromatic nitrogens is 1. The minimum atomic E-state index is -0.0868. The topological polar surface area (TPSA) is 64.4 Å². The first kappa shape index (κ1) is 18.1. The van der Waals surface area contributed by atoms with Gasteiger partial charge in [0.1, 0.15) is 11.3 Å². The average Bonchev–Trinajstić information content (AvgIpc) is 3.12. The molecule has 0 saturated carbocycles. The van der Waals surface area contributed by atoms with Crippen molar-refractivity contribution < 1.29 is 13.9 Å². The lowest BCUT2D eigenvalue weighted by molar-refractivity contribution is -0.115. The minimum Gasteiger partial charge on any atom is -0.495 e. The molecular formula is C22H17ClN2O3. The van der Waals surface area contributed by atoms with Crippen LogP contribution in [0.3, 0.4) is 0 Å². The molecule has 0 bridgehead atoms. The quantitative estimate of drug-likeness (QED) is 0.498. The average molecular weight is 393 g/mol. The van der Waals surface area contributed by atoms with Gasteiger partial charge in [-0.1, -0.05) is 41.9 Å².